The van der Waals surface area contributed by atoms with Crippen molar-refractivity contribution >= 4 is 22.8 Å². The number of nitrogens with zero attached hydrogens (tertiary/aromatic N) is 6. The third-order valence-corrected chi connectivity index (χ3v) is 5.32. The summed E-state index contributed by atoms with van der Waals surface area (Å²) in [6, 6.07) is 10.1. The summed E-state index contributed by atoms with van der Waals surface area (Å²) < 4.78 is 7.86. The van der Waals surface area contributed by atoms with Gasteiger partial charge in [0, 0.05) is 46.1 Å². The van der Waals surface area contributed by atoms with Gasteiger partial charge in [0.1, 0.15) is 24.0 Å². The van der Waals surface area contributed by atoms with E-state index in [0.717, 1.165) is 61.0 Å². The number of likely N-dealkylation sites (tertiary alicyclic amines) is 1. The Labute approximate surface area is 182 Å². The van der Waals surface area contributed by atoms with E-state index in [9.17, 15) is 0 Å². The van der Waals surface area contributed by atoms with Crippen LogP contribution in [0.15, 0.2) is 47.8 Å². The van der Waals surface area contributed by atoms with Crippen molar-refractivity contribution in [1.82, 2.24) is 30.0 Å². The zero-order valence-corrected chi connectivity index (χ0v) is 18.2. The molecular formula is C22H30N8O. The molecule has 2 N–H and O–H groups in total. The minimum Gasteiger partial charge on any atom is -0.490 e. The fourth-order valence-electron chi connectivity index (χ4n) is 3.74. The summed E-state index contributed by atoms with van der Waals surface area (Å²) >= 11 is 0. The number of para-hydroxylation sites is 1. The molecule has 1 aliphatic rings. The molecule has 0 atom stereocenters. The van der Waals surface area contributed by atoms with Gasteiger partial charge in [-0.1, -0.05) is 18.2 Å². The van der Waals surface area contributed by atoms with Crippen molar-refractivity contribution in [1.29, 1.82) is 0 Å². The Morgan fingerprint density at radius 1 is 1.19 bits per heavy atom. The van der Waals surface area contributed by atoms with E-state index in [-0.39, 0.29) is 6.10 Å². The molecule has 0 spiro atoms. The number of anilines is 1. The van der Waals surface area contributed by atoms with Gasteiger partial charge in [-0.05, 0) is 19.1 Å². The van der Waals surface area contributed by atoms with Crippen molar-refractivity contribution in [3.05, 3.63) is 42.9 Å². The number of hydrogen-bond donors (Lipinski definition) is 2. The molecule has 3 heterocycles. The highest BCUT2D eigenvalue weighted by Crippen LogP contribution is 2.19. The van der Waals surface area contributed by atoms with E-state index in [1.54, 1.807) is 17.2 Å². The first-order valence-electron chi connectivity index (χ1n) is 10.9. The van der Waals surface area contributed by atoms with Crippen LogP contribution < -0.4 is 15.4 Å². The Morgan fingerprint density at radius 2 is 2.00 bits per heavy atom. The van der Waals surface area contributed by atoms with Gasteiger partial charge in [0.05, 0.1) is 18.1 Å². The van der Waals surface area contributed by atoms with Crippen molar-refractivity contribution in [2.45, 2.75) is 25.9 Å². The van der Waals surface area contributed by atoms with E-state index in [1.807, 2.05) is 37.4 Å². The van der Waals surface area contributed by atoms with Crippen LogP contribution in [0.3, 0.4) is 0 Å². The molecule has 0 aliphatic carbocycles. The van der Waals surface area contributed by atoms with Gasteiger partial charge in [-0.25, -0.2) is 9.97 Å². The van der Waals surface area contributed by atoms with Crippen LogP contribution in [0.4, 0.5) is 5.82 Å². The van der Waals surface area contributed by atoms with Gasteiger partial charge in [-0.2, -0.15) is 5.10 Å². The summed E-state index contributed by atoms with van der Waals surface area (Å²) in [6.07, 6.45) is 5.56. The summed E-state index contributed by atoms with van der Waals surface area (Å²) in [5, 5.41) is 11.9. The first-order chi connectivity index (χ1) is 15.2. The summed E-state index contributed by atoms with van der Waals surface area (Å²) in [7, 11) is 1.88. The van der Waals surface area contributed by atoms with Crippen molar-refractivity contribution < 1.29 is 4.74 Å². The molecule has 0 saturated carbocycles. The Bertz CT molecular complexity index is 995. The molecule has 1 aliphatic heterocycles. The fraction of sp³-hybridized carbons (Fsp3) is 0.455. The van der Waals surface area contributed by atoms with Crippen LogP contribution in [0.25, 0.3) is 11.0 Å². The third-order valence-electron chi connectivity index (χ3n) is 5.32. The number of benzene rings is 1. The molecule has 1 saturated heterocycles. The Morgan fingerprint density at radius 3 is 2.77 bits per heavy atom. The molecule has 164 valence electrons. The highest BCUT2D eigenvalue weighted by atomic mass is 16.5. The van der Waals surface area contributed by atoms with Gasteiger partial charge >= 0.3 is 0 Å². The lowest BCUT2D eigenvalue weighted by atomic mass is 10.1. The van der Waals surface area contributed by atoms with Crippen molar-refractivity contribution in [2.24, 2.45) is 12.0 Å². The highest BCUT2D eigenvalue weighted by Gasteiger charge is 2.22. The van der Waals surface area contributed by atoms with Crippen molar-refractivity contribution in [2.75, 3.05) is 38.0 Å². The van der Waals surface area contributed by atoms with E-state index in [2.05, 4.69) is 37.5 Å². The van der Waals surface area contributed by atoms with E-state index >= 15 is 0 Å². The van der Waals surface area contributed by atoms with E-state index in [0.29, 0.717) is 13.1 Å². The summed E-state index contributed by atoms with van der Waals surface area (Å²) in [4.78, 5) is 15.7. The molecule has 9 nitrogen and oxygen atoms in total. The molecule has 0 bridgehead atoms. The second-order valence-electron chi connectivity index (χ2n) is 7.51. The first kappa shape index (κ1) is 20.9. The number of guanidine groups is 1. The second-order valence-corrected chi connectivity index (χ2v) is 7.51. The minimum absolute atomic E-state index is 0.253. The largest absolute Gasteiger partial charge is 0.490 e. The van der Waals surface area contributed by atoms with Crippen LogP contribution in [-0.2, 0) is 7.05 Å². The third kappa shape index (κ3) is 5.22. The Balaban J connectivity index is 1.29. The number of aryl methyl sites for hydroxylation is 1. The van der Waals surface area contributed by atoms with Crippen LogP contribution in [0.5, 0.6) is 5.75 Å². The SMILES string of the molecule is CCNC(=NCCNc1ncnc2c1cnn2C)N1CCC(Oc2ccccc2)CC1. The average Bonchev–Trinajstić information content (AvgIpc) is 3.19. The number of nitrogens with one attached hydrogen (secondary N) is 2. The Kier molecular flexibility index (Phi) is 6.81. The molecule has 4 rings (SSSR count). The molecule has 9 heteroatoms. The standard InChI is InChI=1S/C22H30N8O/c1-3-23-22(30-13-9-18(10-14-30)31-17-7-5-4-6-8-17)25-12-11-24-20-19-15-28-29(2)21(19)27-16-26-20/h4-8,15-16,18H,3,9-14H2,1-2H3,(H,23,25)(H,24,26,27). The number of aliphatic imine (C=N–C) groups is 1. The van der Waals surface area contributed by atoms with Gasteiger partial charge in [0.25, 0.3) is 0 Å². The van der Waals surface area contributed by atoms with Crippen LogP contribution in [0, 0.1) is 0 Å². The topological polar surface area (TPSA) is 92.5 Å². The molecule has 3 aromatic rings. The minimum atomic E-state index is 0.253. The lowest BCUT2D eigenvalue weighted by molar-refractivity contribution is 0.129. The normalized spacial score (nSPS) is 15.3. The van der Waals surface area contributed by atoms with Crippen LogP contribution in [-0.4, -0.2) is 69.4 Å². The first-order valence-corrected chi connectivity index (χ1v) is 10.9. The maximum absolute atomic E-state index is 6.11. The summed E-state index contributed by atoms with van der Waals surface area (Å²) in [6.45, 7) is 6.13. The predicted octanol–water partition coefficient (Wildman–Crippen LogP) is 2.28. The van der Waals surface area contributed by atoms with Gasteiger partial charge in [0.15, 0.2) is 11.6 Å². The lowest BCUT2D eigenvalue weighted by Crippen LogP contribution is -2.47. The van der Waals surface area contributed by atoms with E-state index in [4.69, 9.17) is 9.73 Å². The maximum Gasteiger partial charge on any atom is 0.193 e. The molecule has 1 fully saturated rings. The molecule has 0 unspecified atom stereocenters. The molecule has 1 aromatic carbocycles. The summed E-state index contributed by atoms with van der Waals surface area (Å²) in [5.41, 5.74) is 0.815. The van der Waals surface area contributed by atoms with Crippen LogP contribution >= 0.6 is 0 Å². The molecule has 31 heavy (non-hydrogen) atoms. The summed E-state index contributed by atoms with van der Waals surface area (Å²) in [5.74, 6) is 2.69. The zero-order valence-electron chi connectivity index (χ0n) is 18.2. The number of ether oxygens (including phenoxy) is 1. The number of hydrogen-bond acceptors (Lipinski definition) is 6. The quantitative estimate of drug-likeness (QED) is 0.343. The highest BCUT2D eigenvalue weighted by molar-refractivity contribution is 5.86. The Hall–Kier alpha value is -3.36. The molecule has 0 amide bonds. The number of piperidine rings is 1. The van der Waals surface area contributed by atoms with Crippen LogP contribution in [0.1, 0.15) is 19.8 Å². The van der Waals surface area contributed by atoms with E-state index in [1.165, 1.54) is 0 Å². The average molecular weight is 423 g/mol. The second kappa shape index (κ2) is 10.1. The number of rotatable bonds is 7. The lowest BCUT2D eigenvalue weighted by Gasteiger charge is -2.34. The van der Waals surface area contributed by atoms with Gasteiger partial charge in [0.2, 0.25) is 0 Å². The number of fused-ring (bicyclic) bond motifs is 1. The predicted molar refractivity (Wildman–Crippen MR) is 122 cm³/mol. The van der Waals surface area contributed by atoms with Crippen molar-refractivity contribution in [3.8, 4) is 5.75 Å². The molecular weight excluding hydrogens is 392 g/mol. The van der Waals surface area contributed by atoms with Gasteiger partial charge < -0.3 is 20.3 Å². The molecule has 2 aromatic heterocycles. The maximum atomic E-state index is 6.11. The smallest absolute Gasteiger partial charge is 0.193 e. The van der Waals surface area contributed by atoms with Gasteiger partial charge in [-0.3, -0.25) is 9.67 Å². The monoisotopic (exact) mass is 422 g/mol. The fourth-order valence-corrected chi connectivity index (χ4v) is 3.74. The molecule has 0 radical (unpaired) electrons. The van der Waals surface area contributed by atoms with E-state index < -0.39 is 0 Å². The number of aromatic nitrogens is 4. The zero-order chi connectivity index (χ0) is 21.5. The van der Waals surface area contributed by atoms with Crippen LogP contribution in [0.2, 0.25) is 0 Å². The van der Waals surface area contributed by atoms with Crippen molar-refractivity contribution in [3.63, 3.8) is 0 Å². The van der Waals surface area contributed by atoms with Gasteiger partial charge in [-0.15, -0.1) is 0 Å².